The Hall–Kier alpha value is -1.20. The molecule has 1 aromatic heterocycles. The molecule has 1 aliphatic rings. The number of hydrogen-bond donors (Lipinski definition) is 1. The standard InChI is InChI=1S/C13H23N5/c1-17(2)10-11-3-5-18(6-4-11)13-15-8-12(7-14)9-16-13/h8-9,11H,3-7,10,14H2,1-2H3. The van der Waals surface area contributed by atoms with E-state index < -0.39 is 0 Å². The number of anilines is 1. The van der Waals surface area contributed by atoms with Crippen LogP contribution < -0.4 is 10.6 Å². The van der Waals surface area contributed by atoms with Gasteiger partial charge in [-0.3, -0.25) is 0 Å². The highest BCUT2D eigenvalue weighted by atomic mass is 15.2. The molecule has 0 saturated carbocycles. The first-order chi connectivity index (χ1) is 8.69. The Morgan fingerprint density at radius 3 is 2.39 bits per heavy atom. The van der Waals surface area contributed by atoms with Crippen LogP contribution in [-0.2, 0) is 6.54 Å². The quantitative estimate of drug-likeness (QED) is 0.852. The van der Waals surface area contributed by atoms with E-state index in [1.807, 2.05) is 12.4 Å². The first-order valence-corrected chi connectivity index (χ1v) is 6.59. The molecule has 0 aromatic carbocycles. The van der Waals surface area contributed by atoms with Gasteiger partial charge < -0.3 is 15.5 Å². The molecular formula is C13H23N5. The fourth-order valence-electron chi connectivity index (χ4n) is 2.45. The van der Waals surface area contributed by atoms with E-state index in [4.69, 9.17) is 5.73 Å². The van der Waals surface area contributed by atoms with Gasteiger partial charge in [-0.05, 0) is 32.9 Å². The first kappa shape index (κ1) is 13.2. The van der Waals surface area contributed by atoms with Gasteiger partial charge in [0.15, 0.2) is 0 Å². The van der Waals surface area contributed by atoms with Gasteiger partial charge in [0.1, 0.15) is 0 Å². The Labute approximate surface area is 109 Å². The number of nitrogens with zero attached hydrogens (tertiary/aromatic N) is 4. The Morgan fingerprint density at radius 1 is 1.28 bits per heavy atom. The van der Waals surface area contributed by atoms with Gasteiger partial charge in [-0.25, -0.2) is 9.97 Å². The maximum Gasteiger partial charge on any atom is 0.225 e. The van der Waals surface area contributed by atoms with Crippen LogP contribution in [0.3, 0.4) is 0 Å². The summed E-state index contributed by atoms with van der Waals surface area (Å²) >= 11 is 0. The molecule has 2 heterocycles. The third-order valence-electron chi connectivity index (χ3n) is 3.45. The molecule has 1 saturated heterocycles. The second kappa shape index (κ2) is 6.11. The summed E-state index contributed by atoms with van der Waals surface area (Å²) in [6.07, 6.45) is 6.10. The van der Waals surface area contributed by atoms with Crippen LogP contribution in [0, 0.1) is 5.92 Å². The lowest BCUT2D eigenvalue weighted by molar-refractivity contribution is 0.284. The Morgan fingerprint density at radius 2 is 1.89 bits per heavy atom. The number of aromatic nitrogens is 2. The molecule has 18 heavy (non-hydrogen) atoms. The summed E-state index contributed by atoms with van der Waals surface area (Å²) in [4.78, 5) is 13.3. The molecule has 0 radical (unpaired) electrons. The fraction of sp³-hybridized carbons (Fsp3) is 0.692. The van der Waals surface area contributed by atoms with Crippen molar-refractivity contribution in [3.8, 4) is 0 Å². The molecule has 0 atom stereocenters. The average Bonchev–Trinajstić information content (AvgIpc) is 2.39. The van der Waals surface area contributed by atoms with Gasteiger partial charge in [0.05, 0.1) is 0 Å². The van der Waals surface area contributed by atoms with Crippen molar-refractivity contribution in [1.29, 1.82) is 0 Å². The zero-order chi connectivity index (χ0) is 13.0. The van der Waals surface area contributed by atoms with Crippen molar-refractivity contribution in [3.05, 3.63) is 18.0 Å². The summed E-state index contributed by atoms with van der Waals surface area (Å²) in [7, 11) is 4.28. The van der Waals surface area contributed by atoms with Crippen molar-refractivity contribution in [2.24, 2.45) is 11.7 Å². The predicted octanol–water partition coefficient (Wildman–Crippen LogP) is 0.713. The lowest BCUT2D eigenvalue weighted by atomic mass is 9.97. The Bertz CT molecular complexity index is 354. The van der Waals surface area contributed by atoms with E-state index in [0.29, 0.717) is 6.54 Å². The van der Waals surface area contributed by atoms with Crippen LogP contribution in [0.25, 0.3) is 0 Å². The highest BCUT2D eigenvalue weighted by molar-refractivity contribution is 5.30. The largest absolute Gasteiger partial charge is 0.341 e. The summed E-state index contributed by atoms with van der Waals surface area (Å²) in [5, 5.41) is 0. The molecule has 2 rings (SSSR count). The van der Waals surface area contributed by atoms with Crippen LogP contribution in [0.1, 0.15) is 18.4 Å². The molecular weight excluding hydrogens is 226 g/mol. The van der Waals surface area contributed by atoms with Gasteiger partial charge in [-0.15, -0.1) is 0 Å². The van der Waals surface area contributed by atoms with Crippen molar-refractivity contribution in [1.82, 2.24) is 14.9 Å². The lowest BCUT2D eigenvalue weighted by Crippen LogP contribution is -2.37. The normalized spacial score (nSPS) is 17.4. The van der Waals surface area contributed by atoms with E-state index in [0.717, 1.165) is 30.5 Å². The maximum absolute atomic E-state index is 5.54. The lowest BCUT2D eigenvalue weighted by Gasteiger charge is -2.33. The smallest absolute Gasteiger partial charge is 0.225 e. The van der Waals surface area contributed by atoms with E-state index in [1.165, 1.54) is 19.4 Å². The average molecular weight is 249 g/mol. The number of hydrogen-bond acceptors (Lipinski definition) is 5. The van der Waals surface area contributed by atoms with Gasteiger partial charge in [0.25, 0.3) is 0 Å². The Kier molecular flexibility index (Phi) is 4.49. The van der Waals surface area contributed by atoms with E-state index in [9.17, 15) is 0 Å². The van der Waals surface area contributed by atoms with Gasteiger partial charge >= 0.3 is 0 Å². The predicted molar refractivity (Wildman–Crippen MR) is 73.4 cm³/mol. The summed E-state index contributed by atoms with van der Waals surface area (Å²) < 4.78 is 0. The summed E-state index contributed by atoms with van der Waals surface area (Å²) in [5.41, 5.74) is 6.53. The molecule has 100 valence electrons. The molecule has 0 bridgehead atoms. The number of nitrogens with two attached hydrogens (primary N) is 1. The van der Waals surface area contributed by atoms with Crippen LogP contribution >= 0.6 is 0 Å². The fourth-order valence-corrected chi connectivity index (χ4v) is 2.45. The molecule has 5 heteroatoms. The highest BCUT2D eigenvalue weighted by Crippen LogP contribution is 2.20. The first-order valence-electron chi connectivity index (χ1n) is 6.59. The Balaban J connectivity index is 1.88. The monoisotopic (exact) mass is 249 g/mol. The minimum absolute atomic E-state index is 0.505. The molecule has 5 nitrogen and oxygen atoms in total. The van der Waals surface area contributed by atoms with E-state index in [1.54, 1.807) is 0 Å². The van der Waals surface area contributed by atoms with Crippen molar-refractivity contribution in [2.75, 3.05) is 38.6 Å². The van der Waals surface area contributed by atoms with E-state index in [-0.39, 0.29) is 0 Å². The molecule has 0 aliphatic carbocycles. The minimum Gasteiger partial charge on any atom is -0.341 e. The summed E-state index contributed by atoms with van der Waals surface area (Å²) in [6, 6.07) is 0. The topological polar surface area (TPSA) is 58.3 Å². The van der Waals surface area contributed by atoms with Crippen molar-refractivity contribution in [3.63, 3.8) is 0 Å². The van der Waals surface area contributed by atoms with E-state index in [2.05, 4.69) is 33.9 Å². The van der Waals surface area contributed by atoms with Crippen LogP contribution in [0.4, 0.5) is 5.95 Å². The van der Waals surface area contributed by atoms with Crippen molar-refractivity contribution >= 4 is 5.95 Å². The van der Waals surface area contributed by atoms with Gasteiger partial charge in [-0.1, -0.05) is 0 Å². The maximum atomic E-state index is 5.54. The highest BCUT2D eigenvalue weighted by Gasteiger charge is 2.21. The molecule has 1 aromatic rings. The zero-order valence-electron chi connectivity index (χ0n) is 11.3. The van der Waals surface area contributed by atoms with Crippen molar-refractivity contribution in [2.45, 2.75) is 19.4 Å². The molecule has 1 aliphatic heterocycles. The van der Waals surface area contributed by atoms with Gasteiger partial charge in [0.2, 0.25) is 5.95 Å². The number of rotatable bonds is 4. The van der Waals surface area contributed by atoms with Crippen LogP contribution in [0.15, 0.2) is 12.4 Å². The second-order valence-corrected chi connectivity index (χ2v) is 5.29. The summed E-state index contributed by atoms with van der Waals surface area (Å²) in [5.74, 6) is 1.65. The van der Waals surface area contributed by atoms with Crippen LogP contribution in [0.2, 0.25) is 0 Å². The number of piperidine rings is 1. The molecule has 0 unspecified atom stereocenters. The molecule has 1 fully saturated rings. The second-order valence-electron chi connectivity index (χ2n) is 5.29. The zero-order valence-corrected chi connectivity index (χ0v) is 11.3. The summed E-state index contributed by atoms with van der Waals surface area (Å²) in [6.45, 7) is 3.80. The third kappa shape index (κ3) is 3.40. The van der Waals surface area contributed by atoms with Crippen molar-refractivity contribution < 1.29 is 0 Å². The van der Waals surface area contributed by atoms with Crippen LogP contribution in [-0.4, -0.2) is 48.6 Å². The molecule has 0 spiro atoms. The molecule has 0 amide bonds. The minimum atomic E-state index is 0.505. The van der Waals surface area contributed by atoms with Crippen LogP contribution in [0.5, 0.6) is 0 Å². The SMILES string of the molecule is CN(C)CC1CCN(c2ncc(CN)cn2)CC1. The van der Waals surface area contributed by atoms with E-state index >= 15 is 0 Å². The van der Waals surface area contributed by atoms with Gasteiger partial charge in [0, 0.05) is 44.1 Å². The molecule has 2 N–H and O–H groups in total. The van der Waals surface area contributed by atoms with Gasteiger partial charge in [-0.2, -0.15) is 0 Å². The third-order valence-corrected chi connectivity index (χ3v) is 3.45.